The van der Waals surface area contributed by atoms with Crippen molar-refractivity contribution in [3.8, 4) is 0 Å². The SMILES string of the molecule is Cc1c(Br)cc(C(=O)O)cc1S(=O)(=O)N1CCCCC1C. The van der Waals surface area contributed by atoms with Gasteiger partial charge in [0.1, 0.15) is 0 Å². The summed E-state index contributed by atoms with van der Waals surface area (Å²) in [6.45, 7) is 4.05. The Morgan fingerprint density at radius 3 is 2.62 bits per heavy atom. The molecule has 1 aromatic carbocycles. The van der Waals surface area contributed by atoms with E-state index in [9.17, 15) is 13.2 Å². The first kappa shape index (κ1) is 16.5. The van der Waals surface area contributed by atoms with Gasteiger partial charge in [0.25, 0.3) is 0 Å². The van der Waals surface area contributed by atoms with E-state index in [1.54, 1.807) is 6.92 Å². The molecule has 0 amide bonds. The minimum atomic E-state index is -3.68. The number of carbonyl (C=O) groups is 1. The monoisotopic (exact) mass is 375 g/mol. The maximum Gasteiger partial charge on any atom is 0.335 e. The van der Waals surface area contributed by atoms with E-state index in [4.69, 9.17) is 5.11 Å². The standard InChI is InChI=1S/C14H18BrNO4S/c1-9-5-3-4-6-16(9)21(19,20)13-8-11(14(17)18)7-12(15)10(13)2/h7-9H,3-6H2,1-2H3,(H,17,18). The normalized spacial score (nSPS) is 20.4. The first-order valence-electron chi connectivity index (χ1n) is 6.80. The molecule has 1 atom stereocenters. The molecule has 2 rings (SSSR count). The summed E-state index contributed by atoms with van der Waals surface area (Å²) in [5.74, 6) is -1.14. The summed E-state index contributed by atoms with van der Waals surface area (Å²) in [7, 11) is -3.68. The molecular formula is C14H18BrNO4S. The molecule has 1 aliphatic heterocycles. The highest BCUT2D eigenvalue weighted by Crippen LogP contribution is 2.31. The van der Waals surface area contributed by atoms with Crippen molar-refractivity contribution in [1.29, 1.82) is 0 Å². The summed E-state index contributed by atoms with van der Waals surface area (Å²) in [5.41, 5.74) is 0.508. The van der Waals surface area contributed by atoms with Crippen molar-refractivity contribution in [2.24, 2.45) is 0 Å². The van der Waals surface area contributed by atoms with Gasteiger partial charge in [-0.3, -0.25) is 0 Å². The van der Waals surface area contributed by atoms with Gasteiger partial charge in [0.2, 0.25) is 10.0 Å². The summed E-state index contributed by atoms with van der Waals surface area (Å²) < 4.78 is 27.7. The predicted molar refractivity (Wildman–Crippen MR) is 83.0 cm³/mol. The summed E-state index contributed by atoms with van der Waals surface area (Å²) in [6.07, 6.45) is 2.69. The Labute approximate surface area is 133 Å². The van der Waals surface area contributed by atoms with E-state index in [0.717, 1.165) is 19.3 Å². The molecule has 1 aliphatic rings. The third kappa shape index (κ3) is 3.14. The van der Waals surface area contributed by atoms with Gasteiger partial charge >= 0.3 is 5.97 Å². The lowest BCUT2D eigenvalue weighted by atomic mass is 10.1. The van der Waals surface area contributed by atoms with Gasteiger partial charge in [-0.25, -0.2) is 13.2 Å². The van der Waals surface area contributed by atoms with Gasteiger partial charge in [-0.15, -0.1) is 0 Å². The Morgan fingerprint density at radius 2 is 2.05 bits per heavy atom. The number of rotatable bonds is 3. The number of hydrogen-bond donors (Lipinski definition) is 1. The lowest BCUT2D eigenvalue weighted by Crippen LogP contribution is -2.42. The fourth-order valence-electron chi connectivity index (χ4n) is 2.60. The van der Waals surface area contributed by atoms with E-state index in [1.807, 2.05) is 6.92 Å². The number of carboxylic acids is 1. The van der Waals surface area contributed by atoms with Crippen LogP contribution in [0.15, 0.2) is 21.5 Å². The molecule has 1 aromatic rings. The Hall–Kier alpha value is -0.920. The van der Waals surface area contributed by atoms with Crippen molar-refractivity contribution in [1.82, 2.24) is 4.31 Å². The number of piperidine rings is 1. The molecule has 0 bridgehead atoms. The highest BCUT2D eigenvalue weighted by molar-refractivity contribution is 9.10. The van der Waals surface area contributed by atoms with Gasteiger partial charge in [0, 0.05) is 17.1 Å². The summed E-state index contributed by atoms with van der Waals surface area (Å²) in [6, 6.07) is 2.62. The van der Waals surface area contributed by atoms with E-state index >= 15 is 0 Å². The van der Waals surface area contributed by atoms with Crippen molar-refractivity contribution < 1.29 is 18.3 Å². The zero-order valence-corrected chi connectivity index (χ0v) is 14.4. The van der Waals surface area contributed by atoms with E-state index in [0.29, 0.717) is 16.6 Å². The van der Waals surface area contributed by atoms with Crippen LogP contribution in [-0.2, 0) is 10.0 Å². The van der Waals surface area contributed by atoms with Crippen LogP contribution >= 0.6 is 15.9 Å². The lowest BCUT2D eigenvalue weighted by molar-refractivity contribution is 0.0696. The van der Waals surface area contributed by atoms with E-state index < -0.39 is 16.0 Å². The average molecular weight is 376 g/mol. The maximum absolute atomic E-state index is 12.9. The molecule has 0 saturated carbocycles. The van der Waals surface area contributed by atoms with Crippen LogP contribution in [0.5, 0.6) is 0 Å². The molecule has 1 N–H and O–H groups in total. The zero-order chi connectivity index (χ0) is 15.8. The van der Waals surface area contributed by atoms with Gasteiger partial charge in [0.15, 0.2) is 0 Å². The molecule has 5 nitrogen and oxygen atoms in total. The third-order valence-electron chi connectivity index (χ3n) is 3.87. The van der Waals surface area contributed by atoms with Crippen LogP contribution in [0.25, 0.3) is 0 Å². The van der Waals surface area contributed by atoms with Crippen LogP contribution in [0.2, 0.25) is 0 Å². The average Bonchev–Trinajstić information content (AvgIpc) is 2.41. The first-order valence-corrected chi connectivity index (χ1v) is 9.03. The van der Waals surface area contributed by atoms with Gasteiger partial charge in [-0.2, -0.15) is 4.31 Å². The number of carboxylic acid groups (broad SMARTS) is 1. The van der Waals surface area contributed by atoms with E-state index in [1.165, 1.54) is 16.4 Å². The van der Waals surface area contributed by atoms with Gasteiger partial charge < -0.3 is 5.11 Å². The van der Waals surface area contributed by atoms with Crippen LogP contribution in [0.3, 0.4) is 0 Å². The lowest BCUT2D eigenvalue weighted by Gasteiger charge is -2.32. The Bertz CT molecular complexity index is 672. The quantitative estimate of drug-likeness (QED) is 0.880. The number of aromatic carboxylic acids is 1. The molecule has 0 spiro atoms. The van der Waals surface area contributed by atoms with Crippen molar-refractivity contribution >= 4 is 31.9 Å². The minimum absolute atomic E-state index is 0.0317. The second kappa shape index (κ2) is 6.06. The van der Waals surface area contributed by atoms with Crippen molar-refractivity contribution in [2.45, 2.75) is 44.0 Å². The molecule has 7 heteroatoms. The Kier molecular flexibility index (Phi) is 4.75. The fourth-order valence-corrected chi connectivity index (χ4v) is 5.17. The highest BCUT2D eigenvalue weighted by atomic mass is 79.9. The molecule has 1 fully saturated rings. The van der Waals surface area contributed by atoms with Crippen LogP contribution in [0.1, 0.15) is 42.1 Å². The largest absolute Gasteiger partial charge is 0.478 e. The van der Waals surface area contributed by atoms with Gasteiger partial charge in [-0.1, -0.05) is 22.4 Å². The van der Waals surface area contributed by atoms with Crippen LogP contribution in [0.4, 0.5) is 0 Å². The number of nitrogens with zero attached hydrogens (tertiary/aromatic N) is 1. The van der Waals surface area contributed by atoms with Crippen LogP contribution < -0.4 is 0 Å². The number of sulfonamides is 1. The molecule has 0 aliphatic carbocycles. The second-order valence-electron chi connectivity index (χ2n) is 5.35. The number of halogens is 1. The summed E-state index contributed by atoms with van der Waals surface area (Å²) in [5, 5.41) is 9.12. The van der Waals surface area contributed by atoms with E-state index in [2.05, 4.69) is 15.9 Å². The molecule has 1 saturated heterocycles. The predicted octanol–water partition coefficient (Wildman–Crippen LogP) is 3.02. The van der Waals surface area contributed by atoms with Crippen LogP contribution in [0, 0.1) is 6.92 Å². The summed E-state index contributed by atoms with van der Waals surface area (Å²) >= 11 is 3.25. The van der Waals surface area contributed by atoms with Crippen molar-refractivity contribution in [3.63, 3.8) is 0 Å². The Balaban J connectivity index is 2.56. The zero-order valence-electron chi connectivity index (χ0n) is 12.0. The smallest absolute Gasteiger partial charge is 0.335 e. The first-order chi connectivity index (χ1) is 9.75. The molecule has 0 aromatic heterocycles. The summed E-state index contributed by atoms with van der Waals surface area (Å²) in [4.78, 5) is 11.2. The van der Waals surface area contributed by atoms with E-state index in [-0.39, 0.29) is 16.5 Å². The van der Waals surface area contributed by atoms with Crippen LogP contribution in [-0.4, -0.2) is 36.4 Å². The second-order valence-corrected chi connectivity index (χ2v) is 8.06. The van der Waals surface area contributed by atoms with Crippen molar-refractivity contribution in [2.75, 3.05) is 6.54 Å². The van der Waals surface area contributed by atoms with Gasteiger partial charge in [-0.05, 0) is 44.4 Å². The maximum atomic E-state index is 12.9. The third-order valence-corrected chi connectivity index (χ3v) is 6.84. The molecular weight excluding hydrogens is 358 g/mol. The molecule has 21 heavy (non-hydrogen) atoms. The number of hydrogen-bond acceptors (Lipinski definition) is 3. The fraction of sp³-hybridized carbons (Fsp3) is 0.500. The van der Waals surface area contributed by atoms with Crippen molar-refractivity contribution in [3.05, 3.63) is 27.7 Å². The highest BCUT2D eigenvalue weighted by Gasteiger charge is 2.33. The van der Waals surface area contributed by atoms with Gasteiger partial charge in [0.05, 0.1) is 10.5 Å². The topological polar surface area (TPSA) is 74.7 Å². The molecule has 0 radical (unpaired) electrons. The molecule has 1 unspecified atom stereocenters. The number of benzene rings is 1. The minimum Gasteiger partial charge on any atom is -0.478 e. The molecule has 116 valence electrons. The Morgan fingerprint density at radius 1 is 1.38 bits per heavy atom. The molecule has 1 heterocycles.